The molecule has 0 spiro atoms. The van der Waals surface area contributed by atoms with Gasteiger partial charge in [0.05, 0.1) is 0 Å². The van der Waals surface area contributed by atoms with Gasteiger partial charge < -0.3 is 15.7 Å². The van der Waals surface area contributed by atoms with Gasteiger partial charge in [0.2, 0.25) is 5.91 Å². The number of amides is 3. The number of aliphatic carboxylic acids is 1. The van der Waals surface area contributed by atoms with Crippen molar-refractivity contribution in [1.82, 2.24) is 16.0 Å². The maximum Gasteiger partial charge on any atom is 0.405 e. The van der Waals surface area contributed by atoms with Crippen LogP contribution in [0, 0.1) is 0 Å². The minimum absolute atomic E-state index is 0.00461. The number of rotatable bonds is 8. The Morgan fingerprint density at radius 1 is 1.24 bits per heavy atom. The van der Waals surface area contributed by atoms with E-state index in [2.05, 4.69) is 5.32 Å². The first kappa shape index (κ1) is 19.2. The molecule has 0 heterocycles. The molecule has 0 aromatic carbocycles. The van der Waals surface area contributed by atoms with Crippen LogP contribution in [0.4, 0.5) is 18.0 Å². The van der Waals surface area contributed by atoms with E-state index in [9.17, 15) is 27.6 Å². The highest BCUT2D eigenvalue weighted by Gasteiger charge is 2.27. The van der Waals surface area contributed by atoms with Crippen LogP contribution >= 0.6 is 0 Å². The standard InChI is InChI=1S/C11H18F3N3O4/c1-2-3-7(9(19)20)15-5-4-8(18)17-10(21)16-6-11(12,13)14/h7,15H,2-6H2,1H3,(H,19,20)(H2,16,17,18,21). The van der Waals surface area contributed by atoms with Gasteiger partial charge in [-0.25, -0.2) is 4.79 Å². The fourth-order valence-electron chi connectivity index (χ4n) is 1.38. The first-order valence-electron chi connectivity index (χ1n) is 6.26. The summed E-state index contributed by atoms with van der Waals surface area (Å²) in [5.41, 5.74) is 0. The molecule has 1 atom stereocenters. The predicted molar refractivity (Wildman–Crippen MR) is 66.5 cm³/mol. The summed E-state index contributed by atoms with van der Waals surface area (Å²) in [4.78, 5) is 33.0. The van der Waals surface area contributed by atoms with E-state index in [1.807, 2.05) is 0 Å². The normalized spacial score (nSPS) is 12.6. The van der Waals surface area contributed by atoms with Gasteiger partial charge in [0.25, 0.3) is 0 Å². The summed E-state index contributed by atoms with van der Waals surface area (Å²) in [7, 11) is 0. The lowest BCUT2D eigenvalue weighted by atomic mass is 10.1. The first-order valence-corrected chi connectivity index (χ1v) is 6.26. The molecule has 0 aliphatic rings. The van der Waals surface area contributed by atoms with Crippen LogP contribution in [0.5, 0.6) is 0 Å². The van der Waals surface area contributed by atoms with E-state index in [1.165, 1.54) is 5.32 Å². The first-order chi connectivity index (χ1) is 9.65. The van der Waals surface area contributed by atoms with Crippen LogP contribution in [0.3, 0.4) is 0 Å². The minimum atomic E-state index is -4.56. The number of carboxylic acids is 1. The molecule has 0 aliphatic carbocycles. The molecule has 0 aromatic heterocycles. The van der Waals surface area contributed by atoms with Gasteiger partial charge in [-0.05, 0) is 6.42 Å². The van der Waals surface area contributed by atoms with Gasteiger partial charge in [0.1, 0.15) is 12.6 Å². The summed E-state index contributed by atoms with van der Waals surface area (Å²) in [5.74, 6) is -1.86. The van der Waals surface area contributed by atoms with Crippen LogP contribution in [0.15, 0.2) is 0 Å². The molecule has 3 amide bonds. The highest BCUT2D eigenvalue weighted by Crippen LogP contribution is 2.11. The summed E-state index contributed by atoms with van der Waals surface area (Å²) in [5, 5.41) is 14.6. The van der Waals surface area contributed by atoms with Gasteiger partial charge in [-0.1, -0.05) is 13.3 Å². The molecule has 0 saturated carbocycles. The minimum Gasteiger partial charge on any atom is -0.480 e. The van der Waals surface area contributed by atoms with Crippen LogP contribution in [-0.2, 0) is 9.59 Å². The second-order valence-corrected chi connectivity index (χ2v) is 4.23. The van der Waals surface area contributed by atoms with Crippen LogP contribution in [0.1, 0.15) is 26.2 Å². The smallest absolute Gasteiger partial charge is 0.405 e. The number of carbonyl (C=O) groups excluding carboxylic acids is 2. The molecule has 0 radical (unpaired) electrons. The average Bonchev–Trinajstić information content (AvgIpc) is 2.34. The van der Waals surface area contributed by atoms with Gasteiger partial charge in [0.15, 0.2) is 0 Å². The molecule has 0 bridgehead atoms. The molecule has 21 heavy (non-hydrogen) atoms. The molecule has 0 rings (SSSR count). The van der Waals surface area contributed by atoms with E-state index in [4.69, 9.17) is 5.11 Å². The molecular weight excluding hydrogens is 295 g/mol. The highest BCUT2D eigenvalue weighted by atomic mass is 19.4. The number of hydrogen-bond donors (Lipinski definition) is 4. The van der Waals surface area contributed by atoms with Crippen LogP contribution < -0.4 is 16.0 Å². The van der Waals surface area contributed by atoms with Gasteiger partial charge in [0, 0.05) is 13.0 Å². The Morgan fingerprint density at radius 2 is 1.86 bits per heavy atom. The largest absolute Gasteiger partial charge is 0.480 e. The van der Waals surface area contributed by atoms with Crippen molar-refractivity contribution in [2.24, 2.45) is 0 Å². The summed E-state index contributed by atoms with van der Waals surface area (Å²) in [6.07, 6.45) is -3.78. The Hall–Kier alpha value is -1.84. The molecule has 10 heteroatoms. The summed E-state index contributed by atoms with van der Waals surface area (Å²) >= 11 is 0. The fourth-order valence-corrected chi connectivity index (χ4v) is 1.38. The van der Waals surface area contributed by atoms with Crippen molar-refractivity contribution in [3.63, 3.8) is 0 Å². The second-order valence-electron chi connectivity index (χ2n) is 4.23. The van der Waals surface area contributed by atoms with Crippen LogP contribution in [0.25, 0.3) is 0 Å². The van der Waals surface area contributed by atoms with E-state index >= 15 is 0 Å². The Morgan fingerprint density at radius 3 is 2.33 bits per heavy atom. The van der Waals surface area contributed by atoms with Gasteiger partial charge >= 0.3 is 18.2 Å². The number of carboxylic acid groups (broad SMARTS) is 1. The fraction of sp³-hybridized carbons (Fsp3) is 0.727. The number of hydrogen-bond acceptors (Lipinski definition) is 4. The van der Waals surface area contributed by atoms with E-state index in [0.29, 0.717) is 12.8 Å². The van der Waals surface area contributed by atoms with E-state index in [-0.39, 0.29) is 13.0 Å². The lowest BCUT2D eigenvalue weighted by molar-refractivity contribution is -0.139. The van der Waals surface area contributed by atoms with Gasteiger partial charge in [-0.15, -0.1) is 0 Å². The van der Waals surface area contributed by atoms with E-state index in [1.54, 1.807) is 12.2 Å². The number of urea groups is 1. The lowest BCUT2D eigenvalue weighted by Crippen LogP contribution is -2.44. The third-order valence-corrected chi connectivity index (χ3v) is 2.32. The molecule has 1 unspecified atom stereocenters. The molecule has 0 aromatic rings. The predicted octanol–water partition coefficient (Wildman–Crippen LogP) is 0.607. The Bertz CT molecular complexity index is 374. The van der Waals surface area contributed by atoms with E-state index < -0.39 is 36.7 Å². The van der Waals surface area contributed by atoms with Crippen LogP contribution in [-0.4, -0.2) is 48.3 Å². The Balaban J connectivity index is 3.94. The van der Waals surface area contributed by atoms with Crippen LogP contribution in [0.2, 0.25) is 0 Å². The summed E-state index contributed by atoms with van der Waals surface area (Å²) < 4.78 is 35.4. The molecule has 0 fully saturated rings. The molecule has 4 N–H and O–H groups in total. The van der Waals surface area contributed by atoms with Gasteiger partial charge in [-0.2, -0.15) is 13.2 Å². The van der Waals surface area contributed by atoms with Crippen molar-refractivity contribution in [1.29, 1.82) is 0 Å². The van der Waals surface area contributed by atoms with Gasteiger partial charge in [-0.3, -0.25) is 14.9 Å². The monoisotopic (exact) mass is 313 g/mol. The zero-order valence-corrected chi connectivity index (χ0v) is 11.4. The maximum absolute atomic E-state index is 11.8. The lowest BCUT2D eigenvalue weighted by Gasteiger charge is -2.13. The topological polar surface area (TPSA) is 108 Å². The summed E-state index contributed by atoms with van der Waals surface area (Å²) in [6, 6.07) is -2.05. The Kier molecular flexibility index (Phi) is 8.36. The third-order valence-electron chi connectivity index (χ3n) is 2.32. The molecule has 0 saturated heterocycles. The average molecular weight is 313 g/mol. The van der Waals surface area contributed by atoms with Crippen molar-refractivity contribution in [3.05, 3.63) is 0 Å². The molecule has 122 valence electrons. The van der Waals surface area contributed by atoms with Crippen molar-refractivity contribution < 1.29 is 32.7 Å². The number of alkyl halides is 3. The molecule has 7 nitrogen and oxygen atoms in total. The number of imide groups is 1. The SMILES string of the molecule is CCCC(NCCC(=O)NC(=O)NCC(F)(F)F)C(=O)O. The van der Waals surface area contributed by atoms with Crippen molar-refractivity contribution >= 4 is 17.9 Å². The molecule has 0 aliphatic heterocycles. The van der Waals surface area contributed by atoms with Crippen molar-refractivity contribution in [2.75, 3.05) is 13.1 Å². The molecular formula is C11H18F3N3O4. The highest BCUT2D eigenvalue weighted by molar-refractivity contribution is 5.94. The number of carbonyl (C=O) groups is 3. The third kappa shape index (κ3) is 10.6. The maximum atomic E-state index is 11.8. The number of nitrogens with one attached hydrogen (secondary N) is 3. The number of halogens is 3. The Labute approximate surface area is 119 Å². The zero-order chi connectivity index (χ0) is 16.5. The van der Waals surface area contributed by atoms with E-state index in [0.717, 1.165) is 0 Å². The van der Waals surface area contributed by atoms with Crippen molar-refractivity contribution in [3.8, 4) is 0 Å². The zero-order valence-electron chi connectivity index (χ0n) is 11.4. The quantitative estimate of drug-likeness (QED) is 0.525. The summed E-state index contributed by atoms with van der Waals surface area (Å²) in [6.45, 7) is 0.257. The second kappa shape index (κ2) is 9.16. The van der Waals surface area contributed by atoms with Crippen molar-refractivity contribution in [2.45, 2.75) is 38.4 Å².